The van der Waals surface area contributed by atoms with Crippen molar-refractivity contribution in [2.75, 3.05) is 0 Å². The number of nitrogens with one attached hydrogen (secondary N) is 1. The highest BCUT2D eigenvalue weighted by atomic mass is 15.2. The molecule has 3 rings (SSSR count). The van der Waals surface area contributed by atoms with Gasteiger partial charge < -0.3 is 0 Å². The summed E-state index contributed by atoms with van der Waals surface area (Å²) >= 11 is 0. The molecule has 0 bridgehead atoms. The molecule has 0 spiro atoms. The Morgan fingerprint density at radius 1 is 0.692 bits per heavy atom. The van der Waals surface area contributed by atoms with Crippen molar-refractivity contribution in [3.05, 3.63) is 76.7 Å². The summed E-state index contributed by atoms with van der Waals surface area (Å²) in [6.07, 6.45) is 4.04. The van der Waals surface area contributed by atoms with Crippen LogP contribution >= 0.6 is 0 Å². The Balaban J connectivity index is 2.29. The van der Waals surface area contributed by atoms with Crippen LogP contribution in [-0.4, -0.2) is 9.13 Å². The molecular weight excluding hydrogens is 318 g/mol. The summed E-state index contributed by atoms with van der Waals surface area (Å²) in [5, 5.41) is 8.90. The standard InChI is InChI=1S/C23H29N3/c1-15(2)19-11-8-12-20(16(3)4)22(19)26-14-13-25(23(26)24)21-17(5)9-7-10-18(21)6/h7-16,24H,1-6H3. The molecule has 2 aromatic carbocycles. The van der Waals surface area contributed by atoms with E-state index < -0.39 is 0 Å². The molecule has 1 N–H and O–H groups in total. The number of nitrogens with zero attached hydrogens (tertiary/aromatic N) is 2. The van der Waals surface area contributed by atoms with Gasteiger partial charge in [-0.15, -0.1) is 0 Å². The van der Waals surface area contributed by atoms with Gasteiger partial charge in [-0.25, -0.2) is 0 Å². The van der Waals surface area contributed by atoms with Gasteiger partial charge in [-0.1, -0.05) is 64.1 Å². The summed E-state index contributed by atoms with van der Waals surface area (Å²) in [6, 6.07) is 12.8. The van der Waals surface area contributed by atoms with Gasteiger partial charge in [0, 0.05) is 12.4 Å². The van der Waals surface area contributed by atoms with Gasteiger partial charge in [0.25, 0.3) is 0 Å². The predicted octanol–water partition coefficient (Wildman–Crippen LogP) is 5.61. The minimum absolute atomic E-state index is 0.402. The number of hydrogen-bond acceptors (Lipinski definition) is 1. The van der Waals surface area contributed by atoms with E-state index in [1.165, 1.54) is 22.3 Å². The first-order valence-corrected chi connectivity index (χ1v) is 9.37. The number of para-hydroxylation sites is 2. The fraction of sp³-hybridized carbons (Fsp3) is 0.348. The van der Waals surface area contributed by atoms with Crippen molar-refractivity contribution in [3.8, 4) is 11.4 Å². The molecule has 0 saturated heterocycles. The fourth-order valence-electron chi connectivity index (χ4n) is 3.73. The Morgan fingerprint density at radius 2 is 1.12 bits per heavy atom. The molecule has 0 radical (unpaired) electrons. The van der Waals surface area contributed by atoms with E-state index in [9.17, 15) is 0 Å². The number of hydrogen-bond donors (Lipinski definition) is 1. The van der Waals surface area contributed by atoms with Crippen molar-refractivity contribution in [1.29, 1.82) is 5.41 Å². The average molecular weight is 348 g/mol. The van der Waals surface area contributed by atoms with Gasteiger partial charge in [-0.3, -0.25) is 14.5 Å². The highest BCUT2D eigenvalue weighted by Gasteiger charge is 2.17. The normalized spacial score (nSPS) is 11.5. The van der Waals surface area contributed by atoms with Crippen molar-refractivity contribution in [3.63, 3.8) is 0 Å². The third-order valence-corrected chi connectivity index (χ3v) is 5.08. The number of aromatic nitrogens is 2. The lowest BCUT2D eigenvalue weighted by Crippen LogP contribution is -2.25. The van der Waals surface area contributed by atoms with Crippen LogP contribution in [0.15, 0.2) is 48.8 Å². The van der Waals surface area contributed by atoms with E-state index in [-0.39, 0.29) is 0 Å². The lowest BCUT2D eigenvalue weighted by atomic mass is 9.92. The first kappa shape index (κ1) is 18.2. The third-order valence-electron chi connectivity index (χ3n) is 5.08. The molecule has 1 aromatic heterocycles. The third kappa shape index (κ3) is 3.03. The van der Waals surface area contributed by atoms with Gasteiger partial charge in [0.15, 0.2) is 0 Å². The Hall–Kier alpha value is -2.55. The van der Waals surface area contributed by atoms with Crippen LogP contribution in [0, 0.1) is 19.3 Å². The molecule has 0 saturated carbocycles. The van der Waals surface area contributed by atoms with Crippen molar-refractivity contribution in [2.24, 2.45) is 0 Å². The average Bonchev–Trinajstić information content (AvgIpc) is 2.95. The van der Waals surface area contributed by atoms with Crippen LogP contribution in [-0.2, 0) is 0 Å². The van der Waals surface area contributed by atoms with Crippen LogP contribution in [0.3, 0.4) is 0 Å². The van der Waals surface area contributed by atoms with Crippen LogP contribution in [0.2, 0.25) is 0 Å². The molecule has 0 unspecified atom stereocenters. The molecule has 26 heavy (non-hydrogen) atoms. The van der Waals surface area contributed by atoms with E-state index in [1.54, 1.807) is 0 Å². The number of benzene rings is 2. The Morgan fingerprint density at radius 3 is 1.58 bits per heavy atom. The second-order valence-electron chi connectivity index (χ2n) is 7.70. The molecule has 0 aliphatic heterocycles. The van der Waals surface area contributed by atoms with E-state index in [1.807, 2.05) is 21.5 Å². The highest BCUT2D eigenvalue weighted by Crippen LogP contribution is 2.30. The minimum Gasteiger partial charge on any atom is -0.286 e. The van der Waals surface area contributed by atoms with Crippen molar-refractivity contribution < 1.29 is 0 Å². The van der Waals surface area contributed by atoms with Gasteiger partial charge in [0.05, 0.1) is 11.4 Å². The SMILES string of the molecule is Cc1cccc(C)c1-n1ccn(-c2c(C(C)C)cccc2C(C)C)c1=N. The summed E-state index contributed by atoms with van der Waals surface area (Å²) in [7, 11) is 0. The lowest BCUT2D eigenvalue weighted by Gasteiger charge is -2.20. The van der Waals surface area contributed by atoms with Crippen LogP contribution in [0.4, 0.5) is 0 Å². The second kappa shape index (κ2) is 6.99. The zero-order valence-electron chi connectivity index (χ0n) is 16.7. The Kier molecular flexibility index (Phi) is 4.90. The van der Waals surface area contributed by atoms with Gasteiger partial charge in [-0.2, -0.15) is 0 Å². The smallest absolute Gasteiger partial charge is 0.211 e. The summed E-state index contributed by atoms with van der Waals surface area (Å²) in [4.78, 5) is 0. The van der Waals surface area contributed by atoms with Crippen molar-refractivity contribution in [2.45, 2.75) is 53.4 Å². The molecule has 0 fully saturated rings. The number of rotatable bonds is 4. The van der Waals surface area contributed by atoms with Crippen molar-refractivity contribution in [1.82, 2.24) is 9.13 Å². The molecule has 0 amide bonds. The summed E-state index contributed by atoms with van der Waals surface area (Å²) in [6.45, 7) is 13.1. The highest BCUT2D eigenvalue weighted by molar-refractivity contribution is 5.52. The molecule has 0 aliphatic carbocycles. The molecule has 0 atom stereocenters. The molecule has 3 heteroatoms. The first-order valence-electron chi connectivity index (χ1n) is 9.37. The first-order chi connectivity index (χ1) is 12.3. The van der Waals surface area contributed by atoms with Gasteiger partial charge in [0.1, 0.15) is 0 Å². The molecular formula is C23H29N3. The summed E-state index contributed by atoms with van der Waals surface area (Å²) in [5.41, 5.74) is 7.68. The summed E-state index contributed by atoms with van der Waals surface area (Å²) < 4.78 is 4.03. The zero-order chi connectivity index (χ0) is 19.0. The van der Waals surface area contributed by atoms with E-state index >= 15 is 0 Å². The second-order valence-corrected chi connectivity index (χ2v) is 7.70. The number of aryl methyl sites for hydroxylation is 2. The maximum absolute atomic E-state index is 8.90. The fourth-order valence-corrected chi connectivity index (χ4v) is 3.73. The van der Waals surface area contributed by atoms with Crippen molar-refractivity contribution >= 4 is 0 Å². The monoisotopic (exact) mass is 347 g/mol. The molecule has 0 aliphatic rings. The number of imidazole rings is 1. The maximum atomic E-state index is 8.90. The molecule has 3 nitrogen and oxygen atoms in total. The largest absolute Gasteiger partial charge is 0.286 e. The summed E-state index contributed by atoms with van der Waals surface area (Å²) in [5.74, 6) is 0.804. The molecule has 1 heterocycles. The van der Waals surface area contributed by atoms with Crippen LogP contribution in [0.1, 0.15) is 61.8 Å². The lowest BCUT2D eigenvalue weighted by molar-refractivity contribution is 0.769. The van der Waals surface area contributed by atoms with Crippen LogP contribution in [0.25, 0.3) is 11.4 Å². The minimum atomic E-state index is 0.402. The van der Waals surface area contributed by atoms with E-state index in [0.29, 0.717) is 17.5 Å². The predicted molar refractivity (Wildman–Crippen MR) is 109 cm³/mol. The Labute approximate surface area is 156 Å². The van der Waals surface area contributed by atoms with Crippen LogP contribution in [0.5, 0.6) is 0 Å². The maximum Gasteiger partial charge on any atom is 0.211 e. The Bertz CT molecular complexity index is 940. The van der Waals surface area contributed by atoms with E-state index in [0.717, 1.165) is 11.4 Å². The van der Waals surface area contributed by atoms with Gasteiger partial charge in [-0.05, 0) is 47.9 Å². The van der Waals surface area contributed by atoms with Gasteiger partial charge in [0.2, 0.25) is 5.62 Å². The van der Waals surface area contributed by atoms with E-state index in [2.05, 4.69) is 77.9 Å². The molecule has 3 aromatic rings. The topological polar surface area (TPSA) is 33.7 Å². The quantitative estimate of drug-likeness (QED) is 0.636. The molecule has 136 valence electrons. The van der Waals surface area contributed by atoms with Crippen LogP contribution < -0.4 is 5.62 Å². The zero-order valence-corrected chi connectivity index (χ0v) is 16.7. The van der Waals surface area contributed by atoms with Gasteiger partial charge >= 0.3 is 0 Å². The van der Waals surface area contributed by atoms with E-state index in [4.69, 9.17) is 5.41 Å².